The maximum atomic E-state index is 4.99. The Hall–Kier alpha value is -2.52. The van der Waals surface area contributed by atoms with Crippen molar-refractivity contribution < 1.29 is 0 Å². The molecule has 5 rings (SSSR count). The lowest BCUT2D eigenvalue weighted by Crippen LogP contribution is -2.44. The summed E-state index contributed by atoms with van der Waals surface area (Å²) in [5.74, 6) is 2.41. The summed E-state index contributed by atoms with van der Waals surface area (Å²) in [7, 11) is 0. The first kappa shape index (κ1) is 19.4. The van der Waals surface area contributed by atoms with Gasteiger partial charge in [0.1, 0.15) is 0 Å². The molecule has 30 heavy (non-hydrogen) atoms. The third-order valence-corrected chi connectivity index (χ3v) is 6.37. The van der Waals surface area contributed by atoms with E-state index in [0.29, 0.717) is 12.5 Å². The first-order chi connectivity index (χ1) is 14.6. The highest BCUT2D eigenvalue weighted by atomic mass is 15.2. The van der Waals surface area contributed by atoms with Crippen molar-refractivity contribution in [2.45, 2.75) is 40.2 Å². The molecule has 2 heterocycles. The minimum Gasteiger partial charge on any atom is -0.298 e. The fourth-order valence-electron chi connectivity index (χ4n) is 4.96. The summed E-state index contributed by atoms with van der Waals surface area (Å²) in [5, 5.41) is 2.60. The van der Waals surface area contributed by atoms with Gasteiger partial charge in [-0.15, -0.1) is 0 Å². The minimum absolute atomic E-state index is 0.688. The lowest BCUT2D eigenvalue weighted by atomic mass is 9.96. The molecule has 0 atom stereocenters. The van der Waals surface area contributed by atoms with Crippen molar-refractivity contribution in [3.8, 4) is 0 Å². The predicted octanol–water partition coefficient (Wildman–Crippen LogP) is 5.80. The fourth-order valence-corrected chi connectivity index (χ4v) is 4.96. The van der Waals surface area contributed by atoms with E-state index < -0.39 is 0 Å². The first-order valence-electron chi connectivity index (χ1n) is 11.3. The van der Waals surface area contributed by atoms with E-state index in [0.717, 1.165) is 42.4 Å². The van der Waals surface area contributed by atoms with Crippen LogP contribution in [0.2, 0.25) is 0 Å². The molecule has 3 heteroatoms. The van der Waals surface area contributed by atoms with Crippen LogP contribution >= 0.6 is 0 Å². The summed E-state index contributed by atoms with van der Waals surface area (Å²) in [5.41, 5.74) is 6.51. The van der Waals surface area contributed by atoms with Gasteiger partial charge in [-0.3, -0.25) is 9.89 Å². The number of rotatable bonds is 6. The quantitative estimate of drug-likeness (QED) is 0.606. The van der Waals surface area contributed by atoms with E-state index in [1.54, 1.807) is 0 Å². The van der Waals surface area contributed by atoms with Crippen LogP contribution in [0.1, 0.15) is 44.7 Å². The molecule has 0 spiro atoms. The monoisotopic (exact) mass is 397 g/mol. The van der Waals surface area contributed by atoms with Crippen LogP contribution in [-0.4, -0.2) is 36.1 Å². The Kier molecular flexibility index (Phi) is 5.16. The van der Waals surface area contributed by atoms with Crippen molar-refractivity contribution in [1.82, 2.24) is 4.90 Å². The van der Waals surface area contributed by atoms with Crippen molar-refractivity contribution in [1.29, 1.82) is 0 Å². The second kappa shape index (κ2) is 7.96. The fraction of sp³-hybridized carbons (Fsp3) is 0.407. The molecule has 0 radical (unpaired) electrons. The molecule has 154 valence electrons. The number of allylic oxidation sites excluding steroid dienone is 3. The van der Waals surface area contributed by atoms with Gasteiger partial charge in [0.05, 0.1) is 12.3 Å². The molecule has 0 amide bonds. The van der Waals surface area contributed by atoms with Crippen LogP contribution in [0.25, 0.3) is 10.8 Å². The molecule has 0 saturated carbocycles. The summed E-state index contributed by atoms with van der Waals surface area (Å²) < 4.78 is 0. The van der Waals surface area contributed by atoms with Crippen LogP contribution < -0.4 is 0 Å². The Morgan fingerprint density at radius 3 is 2.63 bits per heavy atom. The van der Waals surface area contributed by atoms with E-state index in [1.165, 1.54) is 40.6 Å². The number of hydrogen-bond acceptors (Lipinski definition) is 3. The topological polar surface area (TPSA) is 28.0 Å². The van der Waals surface area contributed by atoms with Crippen LogP contribution in [0.15, 0.2) is 69.7 Å². The third-order valence-electron chi connectivity index (χ3n) is 6.37. The van der Waals surface area contributed by atoms with Gasteiger partial charge >= 0.3 is 0 Å². The Morgan fingerprint density at radius 1 is 1.07 bits per heavy atom. The second-order valence-electron chi connectivity index (χ2n) is 9.57. The molecule has 1 saturated heterocycles. The smallest absolute Gasteiger partial charge is 0.155 e. The van der Waals surface area contributed by atoms with E-state index in [2.05, 4.69) is 74.2 Å². The number of nitrogens with zero attached hydrogens (tertiary/aromatic N) is 3. The summed E-state index contributed by atoms with van der Waals surface area (Å²) >= 11 is 0. The number of aliphatic imine (C=N–C) groups is 2. The van der Waals surface area contributed by atoms with Gasteiger partial charge < -0.3 is 0 Å². The zero-order chi connectivity index (χ0) is 20.7. The summed E-state index contributed by atoms with van der Waals surface area (Å²) in [6.45, 7) is 11.0. The van der Waals surface area contributed by atoms with Crippen LogP contribution in [-0.2, 0) is 6.54 Å². The molecule has 0 aromatic heterocycles. The van der Waals surface area contributed by atoms with Crippen molar-refractivity contribution >= 4 is 22.3 Å². The summed E-state index contributed by atoms with van der Waals surface area (Å²) in [6.07, 6.45) is 6.84. The zero-order valence-corrected chi connectivity index (χ0v) is 18.4. The highest BCUT2D eigenvalue weighted by Gasteiger charge is 2.24. The molecule has 1 aliphatic carbocycles. The number of hydrogen-bond donors (Lipinski definition) is 0. The molecule has 0 bridgehead atoms. The molecule has 0 unspecified atom stereocenters. The molecular weight excluding hydrogens is 366 g/mol. The molecule has 2 aromatic rings. The molecule has 1 fully saturated rings. The molecule has 2 aromatic carbocycles. The SMILES string of the molecule is CC(C)CC1=CCC(C2=NC(c3ccc(CN4CC(C)C4)c4ccccc34)=NC2)=C1. The average molecular weight is 398 g/mol. The molecular formula is C27H31N3. The number of benzene rings is 2. The number of likely N-dealkylation sites (tertiary alicyclic amines) is 1. The van der Waals surface area contributed by atoms with Crippen LogP contribution in [0, 0.1) is 11.8 Å². The molecule has 3 aliphatic rings. The lowest BCUT2D eigenvalue weighted by Gasteiger charge is -2.37. The summed E-state index contributed by atoms with van der Waals surface area (Å²) in [4.78, 5) is 12.4. The maximum Gasteiger partial charge on any atom is 0.155 e. The Balaban J connectivity index is 1.40. The van der Waals surface area contributed by atoms with Gasteiger partial charge in [-0.25, -0.2) is 4.99 Å². The van der Waals surface area contributed by atoms with Crippen LogP contribution in [0.4, 0.5) is 0 Å². The van der Waals surface area contributed by atoms with Crippen LogP contribution in [0.5, 0.6) is 0 Å². The van der Waals surface area contributed by atoms with Gasteiger partial charge in [0.15, 0.2) is 5.84 Å². The summed E-state index contributed by atoms with van der Waals surface area (Å²) in [6, 6.07) is 13.3. The minimum atomic E-state index is 0.688. The Morgan fingerprint density at radius 2 is 1.87 bits per heavy atom. The second-order valence-corrected chi connectivity index (χ2v) is 9.57. The maximum absolute atomic E-state index is 4.99. The Labute approximate surface area is 179 Å². The van der Waals surface area contributed by atoms with Gasteiger partial charge in [0.25, 0.3) is 0 Å². The van der Waals surface area contributed by atoms with E-state index in [9.17, 15) is 0 Å². The average Bonchev–Trinajstić information content (AvgIpc) is 3.36. The molecule has 0 N–H and O–H groups in total. The Bertz CT molecular complexity index is 1090. The van der Waals surface area contributed by atoms with E-state index in [-0.39, 0.29) is 0 Å². The molecule has 3 nitrogen and oxygen atoms in total. The van der Waals surface area contributed by atoms with Gasteiger partial charge in [-0.1, -0.05) is 74.9 Å². The van der Waals surface area contributed by atoms with Gasteiger partial charge in [0.2, 0.25) is 0 Å². The largest absolute Gasteiger partial charge is 0.298 e. The van der Waals surface area contributed by atoms with Gasteiger partial charge in [0, 0.05) is 25.2 Å². The van der Waals surface area contributed by atoms with E-state index >= 15 is 0 Å². The highest BCUT2D eigenvalue weighted by Crippen LogP contribution is 2.29. The normalized spacial score (nSPS) is 19.7. The van der Waals surface area contributed by atoms with E-state index in [4.69, 9.17) is 9.98 Å². The third kappa shape index (κ3) is 3.79. The van der Waals surface area contributed by atoms with Gasteiger partial charge in [-0.05, 0) is 46.6 Å². The molecule has 2 aliphatic heterocycles. The van der Waals surface area contributed by atoms with Crippen molar-refractivity contribution in [3.05, 3.63) is 70.8 Å². The number of fused-ring (bicyclic) bond motifs is 1. The number of amidine groups is 1. The highest BCUT2D eigenvalue weighted by molar-refractivity contribution is 6.21. The van der Waals surface area contributed by atoms with Crippen molar-refractivity contribution in [3.63, 3.8) is 0 Å². The first-order valence-corrected chi connectivity index (χ1v) is 11.3. The predicted molar refractivity (Wildman–Crippen MR) is 127 cm³/mol. The van der Waals surface area contributed by atoms with Crippen LogP contribution in [0.3, 0.4) is 0 Å². The zero-order valence-electron chi connectivity index (χ0n) is 18.4. The van der Waals surface area contributed by atoms with Crippen molar-refractivity contribution in [2.24, 2.45) is 21.8 Å². The van der Waals surface area contributed by atoms with Gasteiger partial charge in [-0.2, -0.15) is 0 Å². The van der Waals surface area contributed by atoms with Crippen molar-refractivity contribution in [2.75, 3.05) is 19.6 Å². The standard InChI is InChI=1S/C27H31N3/c1-18(2)12-20-8-9-21(13-20)26-14-28-27(29-26)25-11-10-22(17-30-15-19(3)16-30)23-6-4-5-7-24(23)25/h4-8,10-11,13,18-19H,9,12,14-17H2,1-3H3. The van der Waals surface area contributed by atoms with E-state index in [1.807, 2.05) is 0 Å². The lowest BCUT2D eigenvalue weighted by molar-refractivity contribution is 0.105.